The Morgan fingerprint density at radius 1 is 1.67 bits per heavy atom. The molecule has 0 aliphatic heterocycles. The highest BCUT2D eigenvalue weighted by molar-refractivity contribution is 7.80. The third-order valence-electron chi connectivity index (χ3n) is 2.08. The summed E-state index contributed by atoms with van der Waals surface area (Å²) in [5.74, 6) is 0. The monoisotopic (exact) mass is 226 g/mol. The molecular weight excluding hydrogens is 208 g/mol. The fourth-order valence-electron chi connectivity index (χ4n) is 1.56. The van der Waals surface area contributed by atoms with Gasteiger partial charge in [0.05, 0.1) is 11.2 Å². The Morgan fingerprint density at radius 2 is 2.40 bits per heavy atom. The molecule has 15 heavy (non-hydrogen) atoms. The number of hydrogen-bond acceptors (Lipinski definition) is 3. The number of aryl methyl sites for hydroxylation is 1. The topological polar surface area (TPSA) is 47.1 Å². The molecule has 5 heteroatoms. The first-order chi connectivity index (χ1) is 7.11. The molecule has 0 amide bonds. The molecule has 1 heterocycles. The Morgan fingerprint density at radius 3 is 2.87 bits per heavy atom. The van der Waals surface area contributed by atoms with Gasteiger partial charge in [-0.3, -0.25) is 9.58 Å². The van der Waals surface area contributed by atoms with Crippen LogP contribution in [0, 0.1) is 0 Å². The number of thiocarbonyl (C=S) groups is 1. The van der Waals surface area contributed by atoms with Crippen LogP contribution >= 0.6 is 12.2 Å². The van der Waals surface area contributed by atoms with Gasteiger partial charge in [-0.05, 0) is 13.0 Å². The van der Waals surface area contributed by atoms with E-state index in [0.29, 0.717) is 11.5 Å². The van der Waals surface area contributed by atoms with Crippen LogP contribution in [0.2, 0.25) is 0 Å². The lowest BCUT2D eigenvalue weighted by Gasteiger charge is -2.19. The number of hydrogen-bond donors (Lipinski definition) is 1. The maximum Gasteiger partial charge on any atom is 0.0870 e. The SMILES string of the molecule is CCCN(CC(N)=S)Cc1cnn(C)c1. The number of aromatic nitrogens is 2. The van der Waals surface area contributed by atoms with Gasteiger partial charge >= 0.3 is 0 Å². The molecule has 1 rings (SSSR count). The zero-order valence-corrected chi connectivity index (χ0v) is 10.1. The summed E-state index contributed by atoms with van der Waals surface area (Å²) in [6.07, 6.45) is 4.99. The molecule has 0 bridgehead atoms. The molecule has 0 saturated carbocycles. The van der Waals surface area contributed by atoms with Crippen LogP contribution in [0.25, 0.3) is 0 Å². The van der Waals surface area contributed by atoms with Crippen molar-refractivity contribution in [2.45, 2.75) is 19.9 Å². The normalized spacial score (nSPS) is 10.9. The van der Waals surface area contributed by atoms with E-state index in [9.17, 15) is 0 Å². The highest BCUT2D eigenvalue weighted by Crippen LogP contribution is 2.03. The average molecular weight is 226 g/mol. The molecular formula is C10H18N4S. The first-order valence-corrected chi connectivity index (χ1v) is 5.50. The van der Waals surface area contributed by atoms with Crippen LogP contribution in [0.4, 0.5) is 0 Å². The van der Waals surface area contributed by atoms with Crippen molar-refractivity contribution < 1.29 is 0 Å². The van der Waals surface area contributed by atoms with E-state index < -0.39 is 0 Å². The van der Waals surface area contributed by atoms with Crippen molar-refractivity contribution in [1.82, 2.24) is 14.7 Å². The Kier molecular flexibility index (Phi) is 4.71. The summed E-state index contributed by atoms with van der Waals surface area (Å²) in [5.41, 5.74) is 6.75. The summed E-state index contributed by atoms with van der Waals surface area (Å²) in [6, 6.07) is 0. The van der Waals surface area contributed by atoms with Gasteiger partial charge in [-0.2, -0.15) is 5.10 Å². The van der Waals surface area contributed by atoms with Gasteiger partial charge in [-0.15, -0.1) is 0 Å². The summed E-state index contributed by atoms with van der Waals surface area (Å²) in [6.45, 7) is 4.69. The third-order valence-corrected chi connectivity index (χ3v) is 2.21. The summed E-state index contributed by atoms with van der Waals surface area (Å²) in [5, 5.41) is 4.13. The van der Waals surface area contributed by atoms with Crippen LogP contribution < -0.4 is 5.73 Å². The molecule has 0 radical (unpaired) electrons. The summed E-state index contributed by atoms with van der Waals surface area (Å²) in [7, 11) is 1.92. The molecule has 0 unspecified atom stereocenters. The van der Waals surface area contributed by atoms with Gasteiger partial charge < -0.3 is 5.73 Å². The van der Waals surface area contributed by atoms with Crippen molar-refractivity contribution in [3.05, 3.63) is 18.0 Å². The Hall–Kier alpha value is -0.940. The van der Waals surface area contributed by atoms with Crippen molar-refractivity contribution >= 4 is 17.2 Å². The molecule has 1 aromatic rings. The molecule has 0 spiro atoms. The summed E-state index contributed by atoms with van der Waals surface area (Å²) < 4.78 is 1.81. The predicted molar refractivity (Wildman–Crippen MR) is 65.6 cm³/mol. The minimum atomic E-state index is 0.548. The minimum Gasteiger partial charge on any atom is -0.392 e. The van der Waals surface area contributed by atoms with Crippen molar-refractivity contribution in [2.75, 3.05) is 13.1 Å². The Balaban J connectivity index is 2.53. The van der Waals surface area contributed by atoms with Gasteiger partial charge in [0, 0.05) is 31.9 Å². The Labute approximate surface area is 96.1 Å². The zero-order valence-electron chi connectivity index (χ0n) is 9.31. The maximum atomic E-state index is 5.55. The standard InChI is InChI=1S/C10H18N4S/c1-3-4-14(8-10(11)15)7-9-5-12-13(2)6-9/h5-6H,3-4,7-8H2,1-2H3,(H2,11,15). The second-order valence-electron chi connectivity index (χ2n) is 3.70. The van der Waals surface area contributed by atoms with Crippen LogP contribution in [-0.2, 0) is 13.6 Å². The lowest BCUT2D eigenvalue weighted by atomic mass is 10.3. The molecule has 0 fully saturated rings. The van der Waals surface area contributed by atoms with E-state index >= 15 is 0 Å². The largest absolute Gasteiger partial charge is 0.392 e. The van der Waals surface area contributed by atoms with Gasteiger partial charge in [0.15, 0.2) is 0 Å². The van der Waals surface area contributed by atoms with Crippen molar-refractivity contribution in [3.8, 4) is 0 Å². The van der Waals surface area contributed by atoms with Crippen LogP contribution in [0.3, 0.4) is 0 Å². The van der Waals surface area contributed by atoms with E-state index in [2.05, 4.69) is 16.9 Å². The third kappa shape index (κ3) is 4.40. The van der Waals surface area contributed by atoms with E-state index in [1.165, 1.54) is 5.56 Å². The van der Waals surface area contributed by atoms with Gasteiger partial charge in [0.25, 0.3) is 0 Å². The van der Waals surface area contributed by atoms with Gasteiger partial charge in [-0.25, -0.2) is 0 Å². The second kappa shape index (κ2) is 5.82. The summed E-state index contributed by atoms with van der Waals surface area (Å²) >= 11 is 4.92. The van der Waals surface area contributed by atoms with Gasteiger partial charge in [-0.1, -0.05) is 19.1 Å². The molecule has 0 saturated heterocycles. The van der Waals surface area contributed by atoms with Crippen molar-refractivity contribution in [3.63, 3.8) is 0 Å². The number of nitrogens with zero attached hydrogens (tertiary/aromatic N) is 3. The summed E-state index contributed by atoms with van der Waals surface area (Å²) in [4.78, 5) is 2.78. The smallest absolute Gasteiger partial charge is 0.0870 e. The maximum absolute atomic E-state index is 5.55. The predicted octanol–water partition coefficient (Wildman–Crippen LogP) is 0.918. The first-order valence-electron chi connectivity index (χ1n) is 5.10. The minimum absolute atomic E-state index is 0.548. The molecule has 2 N–H and O–H groups in total. The van der Waals surface area contributed by atoms with Crippen LogP contribution in [-0.4, -0.2) is 32.8 Å². The van der Waals surface area contributed by atoms with E-state index in [4.69, 9.17) is 18.0 Å². The fourth-order valence-corrected chi connectivity index (χ4v) is 1.74. The molecule has 0 aliphatic carbocycles. The van der Waals surface area contributed by atoms with Crippen LogP contribution in [0.15, 0.2) is 12.4 Å². The fraction of sp³-hybridized carbons (Fsp3) is 0.600. The second-order valence-corrected chi connectivity index (χ2v) is 4.22. The molecule has 0 aromatic carbocycles. The lowest BCUT2D eigenvalue weighted by molar-refractivity contribution is 0.304. The number of rotatable bonds is 6. The molecule has 4 nitrogen and oxygen atoms in total. The molecule has 84 valence electrons. The van der Waals surface area contributed by atoms with E-state index in [1.54, 1.807) is 4.68 Å². The molecule has 0 aliphatic rings. The van der Waals surface area contributed by atoms with Gasteiger partial charge in [0.2, 0.25) is 0 Å². The Bertz CT molecular complexity index is 321. The average Bonchev–Trinajstić information content (AvgIpc) is 2.50. The number of nitrogens with two attached hydrogens (primary N) is 1. The van der Waals surface area contributed by atoms with Crippen LogP contribution in [0.1, 0.15) is 18.9 Å². The van der Waals surface area contributed by atoms with Gasteiger partial charge in [0.1, 0.15) is 0 Å². The lowest BCUT2D eigenvalue weighted by Crippen LogP contribution is -2.32. The zero-order chi connectivity index (χ0) is 11.3. The van der Waals surface area contributed by atoms with Crippen molar-refractivity contribution in [2.24, 2.45) is 12.8 Å². The van der Waals surface area contributed by atoms with Crippen LogP contribution in [0.5, 0.6) is 0 Å². The van der Waals surface area contributed by atoms with E-state index in [1.807, 2.05) is 19.4 Å². The van der Waals surface area contributed by atoms with E-state index in [0.717, 1.165) is 19.5 Å². The quantitative estimate of drug-likeness (QED) is 0.733. The highest BCUT2D eigenvalue weighted by atomic mass is 32.1. The highest BCUT2D eigenvalue weighted by Gasteiger charge is 2.07. The molecule has 0 atom stereocenters. The van der Waals surface area contributed by atoms with E-state index in [-0.39, 0.29) is 0 Å². The first kappa shape index (κ1) is 12.1. The van der Waals surface area contributed by atoms with Crippen molar-refractivity contribution in [1.29, 1.82) is 0 Å². The molecule has 1 aromatic heterocycles.